The number of ether oxygens (including phenoxy) is 1. The monoisotopic (exact) mass is 622 g/mol. The smallest absolute Gasteiger partial charge is 0.306 e. The summed E-state index contributed by atoms with van der Waals surface area (Å²) in [5.74, 6) is -0.638. The molecule has 0 aliphatic carbocycles. The van der Waals surface area contributed by atoms with Crippen LogP contribution in [0.2, 0.25) is 0 Å². The molecule has 4 aromatic rings. The molecule has 3 atom stereocenters. The predicted octanol–water partition coefficient (Wildman–Crippen LogP) is 9.52. The zero-order valence-electron chi connectivity index (χ0n) is 22.1. The number of carbonyl (C=O) groups is 2. The van der Waals surface area contributed by atoms with E-state index < -0.39 is 17.9 Å². The van der Waals surface area contributed by atoms with Crippen LogP contribution in [0.5, 0.6) is 11.5 Å². The Morgan fingerprint density at radius 1 is 0.775 bits per heavy atom. The van der Waals surface area contributed by atoms with Gasteiger partial charge in [0.15, 0.2) is 0 Å². The number of halogens is 2. The zero-order chi connectivity index (χ0) is 28.9. The molecule has 0 bridgehead atoms. The van der Waals surface area contributed by atoms with Gasteiger partial charge in [0.05, 0.1) is 11.3 Å². The van der Waals surface area contributed by atoms with Crippen molar-refractivity contribution in [3.05, 3.63) is 120 Å². The lowest BCUT2D eigenvalue weighted by Gasteiger charge is -2.14. The molecule has 2 N–H and O–H groups in total. The average molecular weight is 624 g/mol. The minimum absolute atomic E-state index is 0.0911. The first-order chi connectivity index (χ1) is 19.2. The summed E-state index contributed by atoms with van der Waals surface area (Å²) in [6.45, 7) is 1.65. The van der Waals surface area contributed by atoms with Gasteiger partial charge in [0.1, 0.15) is 11.5 Å². The Balaban J connectivity index is 0.000000222. The van der Waals surface area contributed by atoms with E-state index in [0.29, 0.717) is 18.6 Å². The van der Waals surface area contributed by atoms with Gasteiger partial charge in [-0.2, -0.15) is 0 Å². The summed E-state index contributed by atoms with van der Waals surface area (Å²) in [6, 6.07) is 35.3. The van der Waals surface area contributed by atoms with E-state index in [0.717, 1.165) is 16.9 Å². The van der Waals surface area contributed by atoms with E-state index in [4.69, 9.17) is 26.6 Å². The van der Waals surface area contributed by atoms with Gasteiger partial charge in [0, 0.05) is 11.2 Å². The highest BCUT2D eigenvalue weighted by Gasteiger charge is 2.18. The lowest BCUT2D eigenvalue weighted by atomic mass is 10.0. The van der Waals surface area contributed by atoms with Crippen LogP contribution in [0, 0.1) is 5.92 Å². The lowest BCUT2D eigenvalue weighted by Crippen LogP contribution is -2.11. The number of carboxylic acids is 2. The first-order valence-electron chi connectivity index (χ1n) is 12.9. The molecule has 0 saturated carbocycles. The number of rotatable bonds is 11. The minimum Gasteiger partial charge on any atom is -0.481 e. The van der Waals surface area contributed by atoms with Gasteiger partial charge >= 0.3 is 11.9 Å². The average Bonchev–Trinajstić information content (AvgIpc) is 2.97. The Bertz CT molecular complexity index is 1350. The molecule has 4 aromatic carbocycles. The number of carboxylic acid groups (broad SMARTS) is 2. The maximum atomic E-state index is 10.9. The van der Waals surface area contributed by atoms with Gasteiger partial charge in [-0.3, -0.25) is 9.59 Å². The van der Waals surface area contributed by atoms with Crippen LogP contribution in [-0.2, 0) is 9.59 Å². The predicted molar refractivity (Wildman–Crippen MR) is 163 cm³/mol. The molecule has 0 aromatic heterocycles. The number of hydrogen-bond acceptors (Lipinski definition) is 3. The van der Waals surface area contributed by atoms with Crippen LogP contribution in [0.15, 0.2) is 109 Å². The topological polar surface area (TPSA) is 83.8 Å². The molecule has 0 aliphatic rings. The van der Waals surface area contributed by atoms with Gasteiger partial charge in [0.2, 0.25) is 0 Å². The standard InChI is InChI=1S/C17H17ClO3.C16H15BrO2/c1-12(17(19)20)10-16(18)13-6-5-9-15(11-13)21-14-7-3-2-4-8-14;17-15(10-11-16(18)19)14-8-6-13(7-9-14)12-4-2-1-3-5-12/h2-9,11-12,16H,10H2,1H3,(H,19,20);1-9,15H,10-11H2,(H,18,19). The number of hydrogen-bond donors (Lipinski definition) is 2. The molecule has 208 valence electrons. The van der Waals surface area contributed by atoms with Crippen molar-refractivity contribution in [1.82, 2.24) is 0 Å². The summed E-state index contributed by atoms with van der Waals surface area (Å²) in [5, 5.41) is 17.3. The van der Waals surface area contributed by atoms with E-state index in [1.54, 1.807) is 6.92 Å². The zero-order valence-corrected chi connectivity index (χ0v) is 24.5. The molecule has 40 heavy (non-hydrogen) atoms. The number of para-hydroxylation sites is 1. The number of aliphatic carboxylic acids is 2. The summed E-state index contributed by atoms with van der Waals surface area (Å²) in [6.07, 6.45) is 1.15. The fourth-order valence-electron chi connectivity index (χ4n) is 3.88. The van der Waals surface area contributed by atoms with Crippen LogP contribution in [0.1, 0.15) is 47.5 Å². The summed E-state index contributed by atoms with van der Waals surface area (Å²) >= 11 is 9.83. The largest absolute Gasteiger partial charge is 0.481 e. The molecule has 0 fully saturated rings. The van der Waals surface area contributed by atoms with Crippen molar-refractivity contribution < 1.29 is 24.5 Å². The molecule has 4 rings (SSSR count). The molecule has 0 heterocycles. The maximum Gasteiger partial charge on any atom is 0.306 e. The molecule has 0 saturated heterocycles. The summed E-state index contributed by atoms with van der Waals surface area (Å²) in [5.41, 5.74) is 4.33. The van der Waals surface area contributed by atoms with Crippen LogP contribution >= 0.6 is 27.5 Å². The summed E-state index contributed by atoms with van der Waals surface area (Å²) in [7, 11) is 0. The van der Waals surface area contributed by atoms with Crippen molar-refractivity contribution in [3.63, 3.8) is 0 Å². The second kappa shape index (κ2) is 15.8. The van der Waals surface area contributed by atoms with Crippen LogP contribution in [-0.4, -0.2) is 22.2 Å². The normalized spacial score (nSPS) is 12.8. The fourth-order valence-corrected chi connectivity index (χ4v) is 4.81. The Kier molecular flexibility index (Phi) is 12.3. The van der Waals surface area contributed by atoms with Gasteiger partial charge in [-0.25, -0.2) is 0 Å². The summed E-state index contributed by atoms with van der Waals surface area (Å²) < 4.78 is 5.75. The number of alkyl halides is 2. The lowest BCUT2D eigenvalue weighted by molar-refractivity contribution is -0.141. The molecule has 0 spiro atoms. The molecule has 7 heteroatoms. The van der Waals surface area contributed by atoms with Crippen molar-refractivity contribution in [3.8, 4) is 22.6 Å². The van der Waals surface area contributed by atoms with E-state index >= 15 is 0 Å². The van der Waals surface area contributed by atoms with Crippen LogP contribution in [0.3, 0.4) is 0 Å². The van der Waals surface area contributed by atoms with Gasteiger partial charge in [-0.05, 0) is 59.4 Å². The highest BCUT2D eigenvalue weighted by Crippen LogP contribution is 2.32. The van der Waals surface area contributed by atoms with E-state index in [-0.39, 0.29) is 16.6 Å². The number of benzene rings is 4. The quantitative estimate of drug-likeness (QED) is 0.163. The molecular formula is C33H32BrClO5. The van der Waals surface area contributed by atoms with Crippen molar-refractivity contribution in [2.75, 3.05) is 0 Å². The minimum atomic E-state index is -0.836. The Hall–Kier alpha value is -3.61. The maximum absolute atomic E-state index is 10.9. The molecule has 5 nitrogen and oxygen atoms in total. The van der Waals surface area contributed by atoms with E-state index in [9.17, 15) is 9.59 Å². The Labute approximate surface area is 248 Å². The highest BCUT2D eigenvalue weighted by molar-refractivity contribution is 9.09. The molecule has 3 unspecified atom stereocenters. The van der Waals surface area contributed by atoms with Crippen molar-refractivity contribution >= 4 is 39.5 Å². The second-order valence-corrected chi connectivity index (χ2v) is 11.0. The van der Waals surface area contributed by atoms with Crippen LogP contribution < -0.4 is 4.74 Å². The van der Waals surface area contributed by atoms with Crippen molar-refractivity contribution in [2.24, 2.45) is 5.92 Å². The fraction of sp³-hybridized carbons (Fsp3) is 0.212. The molecule has 0 amide bonds. The Morgan fingerprint density at radius 2 is 1.35 bits per heavy atom. The SMILES string of the molecule is CC(CC(Cl)c1cccc(Oc2ccccc2)c1)C(=O)O.O=C(O)CCC(Br)c1ccc(-c2ccccc2)cc1. The molecular weight excluding hydrogens is 592 g/mol. The first kappa shape index (κ1) is 30.9. The molecule has 0 radical (unpaired) electrons. The van der Waals surface area contributed by atoms with Gasteiger partial charge in [-0.1, -0.05) is 108 Å². The summed E-state index contributed by atoms with van der Waals surface area (Å²) in [4.78, 5) is 21.5. The van der Waals surface area contributed by atoms with E-state index in [2.05, 4.69) is 40.2 Å². The van der Waals surface area contributed by atoms with Crippen LogP contribution in [0.25, 0.3) is 11.1 Å². The Morgan fingerprint density at radius 3 is 1.95 bits per heavy atom. The highest BCUT2D eigenvalue weighted by atomic mass is 79.9. The van der Waals surface area contributed by atoms with Gasteiger partial charge < -0.3 is 14.9 Å². The van der Waals surface area contributed by atoms with Gasteiger partial charge in [0.25, 0.3) is 0 Å². The van der Waals surface area contributed by atoms with Crippen LogP contribution in [0.4, 0.5) is 0 Å². The third kappa shape index (κ3) is 10.2. The van der Waals surface area contributed by atoms with Crippen molar-refractivity contribution in [1.29, 1.82) is 0 Å². The van der Waals surface area contributed by atoms with E-state index in [1.165, 1.54) is 11.1 Å². The van der Waals surface area contributed by atoms with Crippen molar-refractivity contribution in [2.45, 2.75) is 36.4 Å². The van der Waals surface area contributed by atoms with Gasteiger partial charge in [-0.15, -0.1) is 11.6 Å². The third-order valence-electron chi connectivity index (χ3n) is 6.17. The second-order valence-electron chi connectivity index (χ2n) is 9.32. The van der Waals surface area contributed by atoms with E-state index in [1.807, 2.05) is 84.9 Å². The third-order valence-corrected chi connectivity index (χ3v) is 7.59. The first-order valence-corrected chi connectivity index (χ1v) is 14.3. The molecule has 0 aliphatic heterocycles.